The first-order chi connectivity index (χ1) is 21.1. The summed E-state index contributed by atoms with van der Waals surface area (Å²) in [4.78, 5) is 4.96. The standard InChI is InChI=1S/C43H39N/c1-42(2,3)39-36-22-19-30-18-13-23-44-41(30)38(36)40(43(4,5)6)35-21-20-31(27-37(35)39)34-25-32(28-14-9-7-10-15-28)24-33(26-34)29-16-11-8-12-17-29/h7-27H,1-6H3. The van der Waals surface area contributed by atoms with Gasteiger partial charge in [0.25, 0.3) is 0 Å². The van der Waals surface area contributed by atoms with Gasteiger partial charge in [-0.1, -0.05) is 133 Å². The number of fused-ring (bicyclic) bond motifs is 4. The van der Waals surface area contributed by atoms with E-state index in [1.165, 1.54) is 71.4 Å². The maximum absolute atomic E-state index is 4.96. The number of hydrogen-bond acceptors (Lipinski definition) is 1. The lowest BCUT2D eigenvalue weighted by Gasteiger charge is -2.31. The Morgan fingerprint density at radius 2 is 0.955 bits per heavy atom. The van der Waals surface area contributed by atoms with Crippen molar-refractivity contribution in [1.29, 1.82) is 0 Å². The van der Waals surface area contributed by atoms with Gasteiger partial charge in [0, 0.05) is 17.0 Å². The van der Waals surface area contributed by atoms with Crippen molar-refractivity contribution >= 4 is 32.4 Å². The predicted molar refractivity (Wildman–Crippen MR) is 190 cm³/mol. The van der Waals surface area contributed by atoms with Crippen molar-refractivity contribution in [3.63, 3.8) is 0 Å². The zero-order valence-electron chi connectivity index (χ0n) is 26.6. The van der Waals surface area contributed by atoms with E-state index in [2.05, 4.69) is 157 Å². The van der Waals surface area contributed by atoms with E-state index in [9.17, 15) is 0 Å². The third kappa shape index (κ3) is 4.87. The van der Waals surface area contributed by atoms with Crippen LogP contribution in [0.2, 0.25) is 0 Å². The SMILES string of the molecule is CC(C)(C)c1c2cc(-c3cc(-c4ccccc4)cc(-c4ccccc4)c3)ccc2c(C(C)(C)C)c2c1ccc1cccnc12. The molecule has 1 heteroatoms. The number of rotatable bonds is 3. The second kappa shape index (κ2) is 10.5. The Morgan fingerprint density at radius 1 is 0.409 bits per heavy atom. The second-order valence-electron chi connectivity index (χ2n) is 14.1. The summed E-state index contributed by atoms with van der Waals surface area (Å²) in [5, 5.41) is 6.43. The summed E-state index contributed by atoms with van der Waals surface area (Å²) in [7, 11) is 0. The molecule has 0 unspecified atom stereocenters. The summed E-state index contributed by atoms with van der Waals surface area (Å²) in [5.41, 5.74) is 11.1. The number of nitrogens with zero attached hydrogens (tertiary/aromatic N) is 1. The van der Waals surface area contributed by atoms with Gasteiger partial charge >= 0.3 is 0 Å². The molecule has 7 aromatic rings. The molecule has 0 radical (unpaired) electrons. The molecule has 1 nitrogen and oxygen atoms in total. The minimum absolute atomic E-state index is 0.0743. The maximum Gasteiger partial charge on any atom is 0.0783 e. The minimum Gasteiger partial charge on any atom is -0.256 e. The van der Waals surface area contributed by atoms with Crippen molar-refractivity contribution in [2.45, 2.75) is 52.4 Å². The molecule has 1 aromatic heterocycles. The molecule has 0 bridgehead atoms. The monoisotopic (exact) mass is 569 g/mol. The summed E-state index contributed by atoms with van der Waals surface area (Å²) in [6.45, 7) is 14.0. The molecule has 0 spiro atoms. The normalized spacial score (nSPS) is 12.3. The van der Waals surface area contributed by atoms with E-state index in [0.717, 1.165) is 5.52 Å². The average molecular weight is 570 g/mol. The summed E-state index contributed by atoms with van der Waals surface area (Å²) in [6, 6.07) is 44.4. The number of pyridine rings is 1. The maximum atomic E-state index is 4.96. The third-order valence-corrected chi connectivity index (χ3v) is 8.83. The minimum atomic E-state index is -0.0755. The molecular weight excluding hydrogens is 530 g/mol. The highest BCUT2D eigenvalue weighted by molar-refractivity contribution is 6.17. The fraction of sp³-hybridized carbons (Fsp3) is 0.186. The molecule has 0 atom stereocenters. The largest absolute Gasteiger partial charge is 0.256 e. The first-order valence-corrected chi connectivity index (χ1v) is 15.6. The van der Waals surface area contributed by atoms with Crippen LogP contribution in [0.3, 0.4) is 0 Å². The van der Waals surface area contributed by atoms with Gasteiger partial charge in [0.1, 0.15) is 0 Å². The van der Waals surface area contributed by atoms with Gasteiger partial charge in [0.05, 0.1) is 5.52 Å². The summed E-state index contributed by atoms with van der Waals surface area (Å²) in [6.07, 6.45) is 1.93. The topological polar surface area (TPSA) is 12.9 Å². The van der Waals surface area contributed by atoms with Gasteiger partial charge in [-0.2, -0.15) is 0 Å². The van der Waals surface area contributed by atoms with E-state index in [4.69, 9.17) is 4.98 Å². The summed E-state index contributed by atoms with van der Waals surface area (Å²) < 4.78 is 0. The van der Waals surface area contributed by atoms with Crippen molar-refractivity contribution < 1.29 is 0 Å². The highest BCUT2D eigenvalue weighted by Gasteiger charge is 2.29. The van der Waals surface area contributed by atoms with Crippen LogP contribution < -0.4 is 0 Å². The van der Waals surface area contributed by atoms with E-state index in [1.54, 1.807) is 0 Å². The summed E-state index contributed by atoms with van der Waals surface area (Å²) in [5.74, 6) is 0. The quantitative estimate of drug-likeness (QED) is 0.152. The van der Waals surface area contributed by atoms with Crippen LogP contribution in [0.15, 0.2) is 128 Å². The zero-order valence-corrected chi connectivity index (χ0v) is 26.6. The highest BCUT2D eigenvalue weighted by Crippen LogP contribution is 2.46. The molecule has 0 N–H and O–H groups in total. The van der Waals surface area contributed by atoms with Gasteiger partial charge in [-0.15, -0.1) is 0 Å². The fourth-order valence-corrected chi connectivity index (χ4v) is 7.01. The molecule has 7 rings (SSSR count). The molecule has 0 aliphatic carbocycles. The third-order valence-electron chi connectivity index (χ3n) is 8.83. The Bertz CT molecular complexity index is 2100. The summed E-state index contributed by atoms with van der Waals surface area (Å²) >= 11 is 0. The van der Waals surface area contributed by atoms with Gasteiger partial charge in [-0.05, 0) is 102 Å². The Morgan fingerprint density at radius 3 is 1.52 bits per heavy atom. The van der Waals surface area contributed by atoms with Crippen LogP contribution in [0, 0.1) is 0 Å². The lowest BCUT2D eigenvalue weighted by molar-refractivity contribution is 0.593. The van der Waals surface area contributed by atoms with Crippen LogP contribution >= 0.6 is 0 Å². The van der Waals surface area contributed by atoms with Crippen LogP contribution in [-0.2, 0) is 10.8 Å². The fourth-order valence-electron chi connectivity index (χ4n) is 7.01. The molecule has 0 saturated carbocycles. The molecule has 0 aliphatic rings. The van der Waals surface area contributed by atoms with Crippen molar-refractivity contribution in [3.8, 4) is 33.4 Å². The number of hydrogen-bond donors (Lipinski definition) is 0. The molecule has 0 saturated heterocycles. The van der Waals surface area contributed by atoms with E-state index in [-0.39, 0.29) is 10.8 Å². The Hall–Kier alpha value is -4.75. The molecular formula is C43H39N. The lowest BCUT2D eigenvalue weighted by Crippen LogP contribution is -2.18. The van der Waals surface area contributed by atoms with Crippen LogP contribution in [0.1, 0.15) is 52.7 Å². The number of aromatic nitrogens is 1. The van der Waals surface area contributed by atoms with Crippen LogP contribution in [0.4, 0.5) is 0 Å². The molecule has 44 heavy (non-hydrogen) atoms. The number of benzene rings is 6. The molecule has 1 heterocycles. The van der Waals surface area contributed by atoms with E-state index in [0.29, 0.717) is 0 Å². The highest BCUT2D eigenvalue weighted by atomic mass is 14.6. The second-order valence-corrected chi connectivity index (χ2v) is 14.1. The Balaban J connectivity index is 1.58. The Labute approximate surface area is 261 Å². The predicted octanol–water partition coefficient (Wildman–Crippen LogP) is 12.1. The van der Waals surface area contributed by atoms with Crippen molar-refractivity contribution in [2.24, 2.45) is 0 Å². The van der Waals surface area contributed by atoms with E-state index in [1.807, 2.05) is 12.3 Å². The Kier molecular flexibility index (Phi) is 6.66. The van der Waals surface area contributed by atoms with Gasteiger partial charge in [0.2, 0.25) is 0 Å². The van der Waals surface area contributed by atoms with E-state index < -0.39 is 0 Å². The molecule has 216 valence electrons. The average Bonchev–Trinajstić information content (AvgIpc) is 3.02. The molecule has 6 aromatic carbocycles. The first-order valence-electron chi connectivity index (χ1n) is 15.6. The van der Waals surface area contributed by atoms with Crippen LogP contribution in [0.25, 0.3) is 65.8 Å². The molecule has 0 amide bonds. The lowest BCUT2D eigenvalue weighted by atomic mass is 9.73. The van der Waals surface area contributed by atoms with Gasteiger partial charge < -0.3 is 0 Å². The molecule has 0 fully saturated rings. The van der Waals surface area contributed by atoms with Crippen molar-refractivity contribution in [2.75, 3.05) is 0 Å². The first kappa shape index (κ1) is 28.0. The van der Waals surface area contributed by atoms with Crippen LogP contribution in [-0.4, -0.2) is 4.98 Å². The van der Waals surface area contributed by atoms with Crippen molar-refractivity contribution in [1.82, 2.24) is 4.98 Å². The van der Waals surface area contributed by atoms with Gasteiger partial charge in [-0.25, -0.2) is 0 Å². The smallest absolute Gasteiger partial charge is 0.0783 e. The van der Waals surface area contributed by atoms with E-state index >= 15 is 0 Å². The molecule has 0 aliphatic heterocycles. The van der Waals surface area contributed by atoms with Crippen LogP contribution in [0.5, 0.6) is 0 Å². The van der Waals surface area contributed by atoms with Gasteiger partial charge in [0.15, 0.2) is 0 Å². The van der Waals surface area contributed by atoms with Crippen molar-refractivity contribution in [3.05, 3.63) is 139 Å². The van der Waals surface area contributed by atoms with Gasteiger partial charge in [-0.3, -0.25) is 4.98 Å². The zero-order chi connectivity index (χ0) is 30.6.